The number of fused-ring (bicyclic) bond motifs is 1. The smallest absolute Gasteiger partial charge is 0.331 e. The van der Waals surface area contributed by atoms with Crippen molar-refractivity contribution in [3.63, 3.8) is 0 Å². The van der Waals surface area contributed by atoms with E-state index >= 15 is 0 Å². The Labute approximate surface area is 127 Å². The lowest BCUT2D eigenvalue weighted by Gasteiger charge is -2.21. The van der Waals surface area contributed by atoms with Crippen LogP contribution in [0.5, 0.6) is 0 Å². The number of hydrogen-bond acceptors (Lipinski definition) is 3. The Balaban J connectivity index is 1.73. The van der Waals surface area contributed by atoms with Gasteiger partial charge in [-0.05, 0) is 37.1 Å². The summed E-state index contributed by atoms with van der Waals surface area (Å²) >= 11 is 0. The number of hydrogen-bond donors (Lipinski definition) is 1. The number of ether oxygens (including phenoxy) is 1. The molecule has 5 nitrogen and oxygen atoms in total. The van der Waals surface area contributed by atoms with Crippen LogP contribution in [-0.4, -0.2) is 27.7 Å². The van der Waals surface area contributed by atoms with E-state index in [4.69, 9.17) is 4.74 Å². The number of para-hydroxylation sites is 2. The lowest BCUT2D eigenvalue weighted by Crippen LogP contribution is -2.17. The maximum absolute atomic E-state index is 12.2. The van der Waals surface area contributed by atoms with Gasteiger partial charge in [-0.3, -0.25) is 9.55 Å². The summed E-state index contributed by atoms with van der Waals surface area (Å²) in [5, 5.41) is 0. The lowest BCUT2D eigenvalue weighted by molar-refractivity contribution is 0.0845. The molecule has 0 bridgehead atoms. The molecule has 22 heavy (non-hydrogen) atoms. The van der Waals surface area contributed by atoms with Crippen molar-refractivity contribution in [3.05, 3.63) is 58.8 Å². The molecule has 112 valence electrons. The highest BCUT2D eigenvalue weighted by atomic mass is 16.5. The predicted octanol–water partition coefficient (Wildman–Crippen LogP) is 2.61. The molecule has 4 rings (SSSR count). The molecule has 1 fully saturated rings. The van der Waals surface area contributed by atoms with Gasteiger partial charge in [0.05, 0.1) is 22.9 Å². The zero-order valence-electron chi connectivity index (χ0n) is 12.2. The largest absolute Gasteiger partial charge is 0.381 e. The highest BCUT2D eigenvalue weighted by Crippen LogP contribution is 2.25. The van der Waals surface area contributed by atoms with Crippen molar-refractivity contribution in [2.75, 3.05) is 13.2 Å². The molecule has 0 aliphatic carbocycles. The number of aromatic amines is 1. The van der Waals surface area contributed by atoms with E-state index in [1.54, 1.807) is 10.8 Å². The molecule has 5 heteroatoms. The van der Waals surface area contributed by atoms with Gasteiger partial charge in [0.25, 0.3) is 0 Å². The lowest BCUT2D eigenvalue weighted by atomic mass is 9.96. The summed E-state index contributed by atoms with van der Waals surface area (Å²) in [7, 11) is 0. The summed E-state index contributed by atoms with van der Waals surface area (Å²) in [5.41, 5.74) is 3.44. The molecule has 1 saturated heterocycles. The molecule has 3 aromatic rings. The molecule has 0 spiro atoms. The van der Waals surface area contributed by atoms with E-state index in [0.29, 0.717) is 5.92 Å². The topological polar surface area (TPSA) is 59.9 Å². The number of rotatable bonds is 2. The van der Waals surface area contributed by atoms with Crippen LogP contribution >= 0.6 is 0 Å². The van der Waals surface area contributed by atoms with Gasteiger partial charge >= 0.3 is 5.69 Å². The molecule has 3 heterocycles. The second-order valence-electron chi connectivity index (χ2n) is 5.61. The molecule has 0 saturated carbocycles. The fourth-order valence-corrected chi connectivity index (χ4v) is 3.08. The molecule has 0 amide bonds. The average molecular weight is 295 g/mol. The standard InChI is InChI=1S/C17H17N3O2/c21-17-19-15-3-1-2-4-16(15)20(17)13-5-6-14(18-11-13)12-7-9-22-10-8-12/h1-6,11-12H,7-10H2,(H,19,21). The van der Waals surface area contributed by atoms with Gasteiger partial charge in [0.1, 0.15) is 0 Å². The average Bonchev–Trinajstić information content (AvgIpc) is 2.91. The summed E-state index contributed by atoms with van der Waals surface area (Å²) in [6, 6.07) is 11.7. The summed E-state index contributed by atoms with van der Waals surface area (Å²) in [6.07, 6.45) is 3.81. The Bertz CT molecular complexity index is 842. The third kappa shape index (κ3) is 2.23. The first kappa shape index (κ1) is 13.3. The molecular formula is C17H17N3O2. The highest BCUT2D eigenvalue weighted by molar-refractivity contribution is 5.77. The maximum Gasteiger partial charge on any atom is 0.331 e. The number of pyridine rings is 1. The van der Waals surface area contributed by atoms with E-state index in [1.807, 2.05) is 36.4 Å². The fourth-order valence-electron chi connectivity index (χ4n) is 3.08. The molecule has 1 aliphatic rings. The Kier molecular flexibility index (Phi) is 3.27. The fraction of sp³-hybridized carbons (Fsp3) is 0.294. The van der Waals surface area contributed by atoms with Gasteiger partial charge in [0, 0.05) is 24.8 Å². The van der Waals surface area contributed by atoms with E-state index in [1.165, 1.54) is 0 Å². The van der Waals surface area contributed by atoms with Crippen molar-refractivity contribution in [2.45, 2.75) is 18.8 Å². The Morgan fingerprint density at radius 2 is 1.95 bits per heavy atom. The maximum atomic E-state index is 12.2. The molecular weight excluding hydrogens is 278 g/mol. The summed E-state index contributed by atoms with van der Waals surface area (Å²) in [4.78, 5) is 19.6. The minimum Gasteiger partial charge on any atom is -0.381 e. The number of aromatic nitrogens is 3. The molecule has 2 aromatic heterocycles. The predicted molar refractivity (Wildman–Crippen MR) is 84.5 cm³/mol. The van der Waals surface area contributed by atoms with Crippen molar-refractivity contribution in [3.8, 4) is 5.69 Å². The third-order valence-corrected chi connectivity index (χ3v) is 4.26. The van der Waals surface area contributed by atoms with Gasteiger partial charge in [-0.15, -0.1) is 0 Å². The van der Waals surface area contributed by atoms with Crippen LogP contribution in [0.4, 0.5) is 0 Å². The second-order valence-corrected chi connectivity index (χ2v) is 5.61. The van der Waals surface area contributed by atoms with Gasteiger partial charge in [0.2, 0.25) is 0 Å². The number of nitrogens with zero attached hydrogens (tertiary/aromatic N) is 2. The quantitative estimate of drug-likeness (QED) is 0.790. The molecule has 1 N–H and O–H groups in total. The zero-order chi connectivity index (χ0) is 14.9. The molecule has 0 unspecified atom stereocenters. The highest BCUT2D eigenvalue weighted by Gasteiger charge is 2.17. The molecule has 1 aromatic carbocycles. The van der Waals surface area contributed by atoms with Crippen molar-refractivity contribution in [2.24, 2.45) is 0 Å². The van der Waals surface area contributed by atoms with Crippen molar-refractivity contribution in [1.82, 2.24) is 14.5 Å². The number of imidazole rings is 1. The van der Waals surface area contributed by atoms with Crippen LogP contribution < -0.4 is 5.69 Å². The van der Waals surface area contributed by atoms with Gasteiger partial charge in [-0.2, -0.15) is 0 Å². The summed E-state index contributed by atoms with van der Waals surface area (Å²) in [5.74, 6) is 0.461. The van der Waals surface area contributed by atoms with Crippen LogP contribution in [0, 0.1) is 0 Å². The number of nitrogens with one attached hydrogen (secondary N) is 1. The van der Waals surface area contributed by atoms with Crippen LogP contribution in [0.25, 0.3) is 16.7 Å². The van der Waals surface area contributed by atoms with E-state index in [-0.39, 0.29) is 5.69 Å². The van der Waals surface area contributed by atoms with Crippen LogP contribution in [0.3, 0.4) is 0 Å². The van der Waals surface area contributed by atoms with Crippen LogP contribution in [0.15, 0.2) is 47.4 Å². The van der Waals surface area contributed by atoms with E-state index < -0.39 is 0 Å². The first-order valence-electron chi connectivity index (χ1n) is 7.57. The van der Waals surface area contributed by atoms with Gasteiger partial charge in [-0.1, -0.05) is 12.1 Å². The normalized spacial score (nSPS) is 16.2. The Morgan fingerprint density at radius 1 is 1.14 bits per heavy atom. The van der Waals surface area contributed by atoms with Crippen LogP contribution in [0.2, 0.25) is 0 Å². The van der Waals surface area contributed by atoms with Gasteiger partial charge in [0.15, 0.2) is 0 Å². The van der Waals surface area contributed by atoms with E-state index in [2.05, 4.69) is 9.97 Å². The van der Waals surface area contributed by atoms with Crippen molar-refractivity contribution < 1.29 is 4.74 Å². The monoisotopic (exact) mass is 295 g/mol. The first-order chi connectivity index (χ1) is 10.8. The van der Waals surface area contributed by atoms with Crippen molar-refractivity contribution in [1.29, 1.82) is 0 Å². The minimum atomic E-state index is -0.137. The Hall–Kier alpha value is -2.40. The first-order valence-corrected chi connectivity index (χ1v) is 7.57. The Morgan fingerprint density at radius 3 is 2.73 bits per heavy atom. The van der Waals surface area contributed by atoms with Gasteiger partial charge < -0.3 is 9.72 Å². The number of benzene rings is 1. The number of H-pyrrole nitrogens is 1. The van der Waals surface area contributed by atoms with Crippen LogP contribution in [-0.2, 0) is 4.74 Å². The second kappa shape index (κ2) is 5.42. The molecule has 1 aliphatic heterocycles. The van der Waals surface area contributed by atoms with Crippen molar-refractivity contribution >= 4 is 11.0 Å². The summed E-state index contributed by atoms with van der Waals surface area (Å²) < 4.78 is 7.05. The summed E-state index contributed by atoms with van der Waals surface area (Å²) in [6.45, 7) is 1.60. The molecule has 0 radical (unpaired) electrons. The van der Waals surface area contributed by atoms with E-state index in [0.717, 1.165) is 48.5 Å². The van der Waals surface area contributed by atoms with Gasteiger partial charge in [-0.25, -0.2) is 4.79 Å². The third-order valence-electron chi connectivity index (χ3n) is 4.26. The van der Waals surface area contributed by atoms with E-state index in [9.17, 15) is 4.79 Å². The molecule has 0 atom stereocenters. The van der Waals surface area contributed by atoms with Crippen LogP contribution in [0.1, 0.15) is 24.5 Å². The SMILES string of the molecule is O=c1[nH]c2ccccc2n1-c1ccc(C2CCOCC2)nc1. The minimum absolute atomic E-state index is 0.137. The zero-order valence-corrected chi connectivity index (χ0v) is 12.2.